The molecule has 1 atom stereocenters. The molecule has 6 nitrogen and oxygen atoms in total. The van der Waals surface area contributed by atoms with Crippen LogP contribution in [0, 0.1) is 6.92 Å². The molecule has 1 heterocycles. The van der Waals surface area contributed by atoms with Crippen molar-refractivity contribution < 1.29 is 19.0 Å². The number of carbonyl (C=O) groups excluding carboxylic acids is 1. The zero-order valence-electron chi connectivity index (χ0n) is 18.4. The number of methoxy groups -OCH3 is 1. The summed E-state index contributed by atoms with van der Waals surface area (Å²) in [6.45, 7) is 2.77. The van der Waals surface area contributed by atoms with Crippen molar-refractivity contribution in [3.63, 3.8) is 0 Å². The Morgan fingerprint density at radius 3 is 2.31 bits per heavy atom. The second kappa shape index (κ2) is 10.1. The van der Waals surface area contributed by atoms with Crippen LogP contribution in [0.15, 0.2) is 66.7 Å². The average Bonchev–Trinajstić information content (AvgIpc) is 3.27. The maximum atomic E-state index is 12.7. The van der Waals surface area contributed by atoms with Crippen LogP contribution < -0.4 is 24.8 Å². The summed E-state index contributed by atoms with van der Waals surface area (Å²) in [5.41, 5.74) is 4.46. The summed E-state index contributed by atoms with van der Waals surface area (Å²) in [7, 11) is 1.65. The van der Waals surface area contributed by atoms with Crippen LogP contribution >= 0.6 is 0 Å². The van der Waals surface area contributed by atoms with Crippen LogP contribution in [0.3, 0.4) is 0 Å². The SMILES string of the molecule is COc1ccc(CC(Cc2ccc3c(c2)OCO3)NC(=O)NCc2ccc(C)cc2)cc1. The number of benzene rings is 3. The average molecular weight is 433 g/mol. The lowest BCUT2D eigenvalue weighted by atomic mass is 9.98. The van der Waals surface area contributed by atoms with E-state index in [-0.39, 0.29) is 18.9 Å². The molecular weight excluding hydrogens is 404 g/mol. The minimum Gasteiger partial charge on any atom is -0.497 e. The first kappa shape index (κ1) is 21.6. The van der Waals surface area contributed by atoms with E-state index in [0.29, 0.717) is 19.4 Å². The molecule has 3 aromatic rings. The molecule has 166 valence electrons. The standard InChI is InChI=1S/C26H28N2O4/c1-18-3-5-20(6-4-18)16-27-26(29)28-22(13-19-7-10-23(30-2)11-8-19)14-21-9-12-24-25(15-21)32-17-31-24/h3-12,15,22H,13-14,16-17H2,1-2H3,(H2,27,28,29). The molecule has 3 aromatic carbocycles. The molecule has 1 unspecified atom stereocenters. The highest BCUT2D eigenvalue weighted by Gasteiger charge is 2.18. The van der Waals surface area contributed by atoms with E-state index < -0.39 is 0 Å². The smallest absolute Gasteiger partial charge is 0.315 e. The molecule has 0 radical (unpaired) electrons. The van der Waals surface area contributed by atoms with Crippen molar-refractivity contribution >= 4 is 6.03 Å². The van der Waals surface area contributed by atoms with Gasteiger partial charge < -0.3 is 24.8 Å². The maximum Gasteiger partial charge on any atom is 0.315 e. The molecule has 1 aliphatic rings. The fraction of sp³-hybridized carbons (Fsp3) is 0.269. The monoisotopic (exact) mass is 432 g/mol. The molecule has 2 N–H and O–H groups in total. The number of hydrogen-bond acceptors (Lipinski definition) is 4. The molecular formula is C26H28N2O4. The molecule has 32 heavy (non-hydrogen) atoms. The lowest BCUT2D eigenvalue weighted by Crippen LogP contribution is -2.43. The van der Waals surface area contributed by atoms with Gasteiger partial charge in [0.05, 0.1) is 7.11 Å². The predicted molar refractivity (Wildman–Crippen MR) is 123 cm³/mol. The molecule has 1 aliphatic heterocycles. The van der Waals surface area contributed by atoms with Crippen LogP contribution in [-0.4, -0.2) is 26.0 Å². The van der Waals surface area contributed by atoms with Gasteiger partial charge in [-0.2, -0.15) is 0 Å². The van der Waals surface area contributed by atoms with E-state index in [2.05, 4.69) is 10.6 Å². The highest BCUT2D eigenvalue weighted by atomic mass is 16.7. The summed E-state index contributed by atoms with van der Waals surface area (Å²) >= 11 is 0. The zero-order chi connectivity index (χ0) is 22.3. The van der Waals surface area contributed by atoms with Gasteiger partial charge in [-0.05, 0) is 60.7 Å². The van der Waals surface area contributed by atoms with Crippen LogP contribution in [0.4, 0.5) is 4.79 Å². The Kier molecular flexibility index (Phi) is 6.80. The van der Waals surface area contributed by atoms with Gasteiger partial charge in [-0.1, -0.05) is 48.0 Å². The summed E-state index contributed by atoms with van der Waals surface area (Å²) in [5.74, 6) is 2.31. The van der Waals surface area contributed by atoms with E-state index in [0.717, 1.165) is 33.9 Å². The normalized spacial score (nSPS) is 12.8. The number of nitrogens with one attached hydrogen (secondary N) is 2. The number of aryl methyl sites for hydroxylation is 1. The van der Waals surface area contributed by atoms with E-state index in [4.69, 9.17) is 14.2 Å². The lowest BCUT2D eigenvalue weighted by molar-refractivity contribution is 0.174. The first-order chi connectivity index (χ1) is 15.6. The highest BCUT2D eigenvalue weighted by Crippen LogP contribution is 2.33. The fourth-order valence-corrected chi connectivity index (χ4v) is 3.70. The van der Waals surface area contributed by atoms with E-state index in [1.165, 1.54) is 5.56 Å². The van der Waals surface area contributed by atoms with Gasteiger partial charge in [-0.3, -0.25) is 0 Å². The Labute approximate surface area is 188 Å². The second-order valence-corrected chi connectivity index (χ2v) is 7.95. The van der Waals surface area contributed by atoms with E-state index >= 15 is 0 Å². The van der Waals surface area contributed by atoms with Crippen molar-refractivity contribution in [2.45, 2.75) is 32.4 Å². The summed E-state index contributed by atoms with van der Waals surface area (Å²) < 4.78 is 16.2. The summed E-state index contributed by atoms with van der Waals surface area (Å²) in [6.07, 6.45) is 1.36. The van der Waals surface area contributed by atoms with Gasteiger partial charge in [0.1, 0.15) is 5.75 Å². The summed E-state index contributed by atoms with van der Waals surface area (Å²) in [4.78, 5) is 12.7. The van der Waals surface area contributed by atoms with Crippen molar-refractivity contribution in [3.05, 3.63) is 89.0 Å². The van der Waals surface area contributed by atoms with Gasteiger partial charge in [0.25, 0.3) is 0 Å². The molecule has 0 aliphatic carbocycles. The minimum atomic E-state index is -0.190. The lowest BCUT2D eigenvalue weighted by Gasteiger charge is -2.20. The zero-order valence-corrected chi connectivity index (χ0v) is 18.4. The number of fused-ring (bicyclic) bond motifs is 1. The van der Waals surface area contributed by atoms with E-state index in [1.807, 2.05) is 73.7 Å². The number of carbonyl (C=O) groups is 1. The maximum absolute atomic E-state index is 12.7. The van der Waals surface area contributed by atoms with Crippen molar-refractivity contribution in [1.29, 1.82) is 0 Å². The Bertz CT molecular complexity index is 1050. The molecule has 6 heteroatoms. The highest BCUT2D eigenvalue weighted by molar-refractivity contribution is 5.74. The molecule has 0 spiro atoms. The van der Waals surface area contributed by atoms with Gasteiger partial charge in [-0.25, -0.2) is 4.79 Å². The predicted octanol–water partition coefficient (Wildman–Crippen LogP) is 4.39. The van der Waals surface area contributed by atoms with Crippen molar-refractivity contribution in [3.8, 4) is 17.2 Å². The van der Waals surface area contributed by atoms with Crippen LogP contribution in [-0.2, 0) is 19.4 Å². The third-order valence-corrected chi connectivity index (χ3v) is 5.47. The van der Waals surface area contributed by atoms with Gasteiger partial charge in [-0.15, -0.1) is 0 Å². The molecule has 4 rings (SSSR count). The Balaban J connectivity index is 1.43. The van der Waals surface area contributed by atoms with Gasteiger partial charge in [0.15, 0.2) is 11.5 Å². The van der Waals surface area contributed by atoms with Crippen molar-refractivity contribution in [2.24, 2.45) is 0 Å². The van der Waals surface area contributed by atoms with Crippen molar-refractivity contribution in [2.75, 3.05) is 13.9 Å². The molecule has 0 saturated heterocycles. The molecule has 0 fully saturated rings. The number of ether oxygens (including phenoxy) is 3. The summed E-state index contributed by atoms with van der Waals surface area (Å²) in [5, 5.41) is 6.10. The Morgan fingerprint density at radius 1 is 0.906 bits per heavy atom. The van der Waals surface area contributed by atoms with Crippen LogP contribution in [0.25, 0.3) is 0 Å². The number of amides is 2. The number of rotatable bonds is 8. The van der Waals surface area contributed by atoms with Gasteiger partial charge in [0.2, 0.25) is 6.79 Å². The Hall–Kier alpha value is -3.67. The number of urea groups is 1. The van der Waals surface area contributed by atoms with Gasteiger partial charge in [0, 0.05) is 12.6 Å². The summed E-state index contributed by atoms with van der Waals surface area (Å²) in [6, 6.07) is 21.7. The molecule has 2 amide bonds. The van der Waals surface area contributed by atoms with E-state index in [9.17, 15) is 4.79 Å². The van der Waals surface area contributed by atoms with Crippen LogP contribution in [0.5, 0.6) is 17.2 Å². The Morgan fingerprint density at radius 2 is 1.56 bits per heavy atom. The first-order valence-electron chi connectivity index (χ1n) is 10.7. The molecule has 0 bridgehead atoms. The quantitative estimate of drug-likeness (QED) is 0.554. The topological polar surface area (TPSA) is 68.8 Å². The molecule has 0 saturated carbocycles. The minimum absolute atomic E-state index is 0.0956. The second-order valence-electron chi connectivity index (χ2n) is 7.95. The fourth-order valence-electron chi connectivity index (χ4n) is 3.70. The van der Waals surface area contributed by atoms with E-state index in [1.54, 1.807) is 7.11 Å². The van der Waals surface area contributed by atoms with Gasteiger partial charge >= 0.3 is 6.03 Å². The van der Waals surface area contributed by atoms with Crippen LogP contribution in [0.1, 0.15) is 22.3 Å². The third kappa shape index (κ3) is 5.72. The largest absolute Gasteiger partial charge is 0.497 e. The molecule has 0 aromatic heterocycles. The van der Waals surface area contributed by atoms with Crippen LogP contribution in [0.2, 0.25) is 0 Å². The number of hydrogen-bond donors (Lipinski definition) is 2. The van der Waals surface area contributed by atoms with Crippen molar-refractivity contribution in [1.82, 2.24) is 10.6 Å². The third-order valence-electron chi connectivity index (χ3n) is 5.47. The first-order valence-corrected chi connectivity index (χ1v) is 10.7.